The van der Waals surface area contributed by atoms with Crippen LogP contribution in [0.2, 0.25) is 0 Å². The minimum absolute atomic E-state index is 0.0241. The summed E-state index contributed by atoms with van der Waals surface area (Å²) in [5.74, 6) is -0.146. The summed E-state index contributed by atoms with van der Waals surface area (Å²) in [6.07, 6.45) is 0.523. The Morgan fingerprint density at radius 2 is 1.92 bits per heavy atom. The molecule has 4 nitrogen and oxygen atoms in total. The first kappa shape index (κ1) is 18.4. The molecule has 128 valence electrons. The number of ketones is 1. The van der Waals surface area contributed by atoms with Crippen LogP contribution >= 0.6 is 11.3 Å². The second kappa shape index (κ2) is 8.76. The van der Waals surface area contributed by atoms with E-state index in [1.54, 1.807) is 11.3 Å². The van der Waals surface area contributed by atoms with E-state index in [0.717, 1.165) is 12.1 Å². The molecule has 5 heteroatoms. The van der Waals surface area contributed by atoms with E-state index in [2.05, 4.69) is 23.7 Å². The number of carbonyl (C=O) groups excluding carboxylic acids is 2. The molecule has 0 saturated carbocycles. The normalized spacial score (nSPS) is 12.2. The third-order valence-corrected chi connectivity index (χ3v) is 4.91. The summed E-state index contributed by atoms with van der Waals surface area (Å²) in [5.41, 5.74) is 2.29. The van der Waals surface area contributed by atoms with Crippen LogP contribution < -0.4 is 5.32 Å². The number of likely N-dealkylation sites (N-methyl/N-ethyl adjacent to an activating group) is 1. The molecule has 0 aliphatic carbocycles. The van der Waals surface area contributed by atoms with Crippen LogP contribution in [-0.2, 0) is 22.6 Å². The van der Waals surface area contributed by atoms with Crippen molar-refractivity contribution >= 4 is 23.0 Å². The van der Waals surface area contributed by atoms with Crippen molar-refractivity contribution in [1.82, 2.24) is 10.2 Å². The van der Waals surface area contributed by atoms with Crippen molar-refractivity contribution in [3.05, 3.63) is 57.8 Å². The van der Waals surface area contributed by atoms with Gasteiger partial charge in [-0.05, 0) is 49.9 Å². The van der Waals surface area contributed by atoms with E-state index in [-0.39, 0.29) is 18.2 Å². The molecule has 0 radical (unpaired) electrons. The summed E-state index contributed by atoms with van der Waals surface area (Å²) in [6.45, 7) is 4.61. The minimum Gasteiger partial charge on any atom is -0.345 e. The number of aryl methyl sites for hydroxylation is 1. The maximum Gasteiger partial charge on any atom is 0.234 e. The van der Waals surface area contributed by atoms with Crippen molar-refractivity contribution in [3.63, 3.8) is 0 Å². The Morgan fingerprint density at radius 3 is 2.50 bits per heavy atom. The third-order valence-electron chi connectivity index (χ3n) is 3.90. The second-order valence-electron chi connectivity index (χ2n) is 6.12. The summed E-state index contributed by atoms with van der Waals surface area (Å²) in [6, 6.07) is 11.3. The summed E-state index contributed by atoms with van der Waals surface area (Å²) >= 11 is 1.70. The fourth-order valence-electron chi connectivity index (χ4n) is 2.50. The van der Waals surface area contributed by atoms with E-state index in [1.807, 2.05) is 42.3 Å². The zero-order chi connectivity index (χ0) is 17.5. The van der Waals surface area contributed by atoms with Gasteiger partial charge in [0.15, 0.2) is 5.78 Å². The van der Waals surface area contributed by atoms with Crippen molar-refractivity contribution in [2.24, 2.45) is 0 Å². The number of rotatable bonds is 8. The lowest BCUT2D eigenvalue weighted by atomic mass is 10.0. The molecule has 1 atom stereocenters. The molecule has 2 rings (SSSR count). The Balaban J connectivity index is 1.88. The minimum atomic E-state index is -0.475. The van der Waals surface area contributed by atoms with Gasteiger partial charge in [-0.25, -0.2) is 0 Å². The molecule has 1 aromatic heterocycles. The maximum atomic E-state index is 12.3. The first-order valence-corrected chi connectivity index (χ1v) is 8.89. The molecular formula is C19H24N2O2S. The average molecular weight is 344 g/mol. The summed E-state index contributed by atoms with van der Waals surface area (Å²) in [4.78, 5) is 27.3. The van der Waals surface area contributed by atoms with Crippen molar-refractivity contribution in [1.29, 1.82) is 0 Å². The van der Waals surface area contributed by atoms with Gasteiger partial charge in [0, 0.05) is 11.4 Å². The predicted octanol–water partition coefficient (Wildman–Crippen LogP) is 2.80. The zero-order valence-corrected chi connectivity index (χ0v) is 15.2. The Hall–Kier alpha value is -1.98. The fourth-order valence-corrected chi connectivity index (χ4v) is 3.48. The Morgan fingerprint density at radius 1 is 1.21 bits per heavy atom. The van der Waals surface area contributed by atoms with E-state index in [0.29, 0.717) is 6.42 Å². The van der Waals surface area contributed by atoms with Gasteiger partial charge in [-0.15, -0.1) is 11.3 Å². The van der Waals surface area contributed by atoms with Gasteiger partial charge in [0.2, 0.25) is 5.91 Å². The average Bonchev–Trinajstić information content (AvgIpc) is 2.92. The largest absolute Gasteiger partial charge is 0.345 e. The van der Waals surface area contributed by atoms with Gasteiger partial charge in [-0.3, -0.25) is 14.5 Å². The number of carbonyl (C=O) groups is 2. The maximum absolute atomic E-state index is 12.3. The number of amides is 1. The summed E-state index contributed by atoms with van der Waals surface area (Å²) in [5, 5.41) is 4.92. The molecule has 1 aromatic carbocycles. The van der Waals surface area contributed by atoms with E-state index >= 15 is 0 Å². The van der Waals surface area contributed by atoms with Gasteiger partial charge in [0.05, 0.1) is 12.6 Å². The monoisotopic (exact) mass is 344 g/mol. The van der Waals surface area contributed by atoms with E-state index in [4.69, 9.17) is 0 Å². The molecule has 0 fully saturated rings. The Kier molecular flexibility index (Phi) is 6.70. The molecule has 0 unspecified atom stereocenters. The van der Waals surface area contributed by atoms with E-state index in [1.165, 1.54) is 17.4 Å². The third kappa shape index (κ3) is 5.58. The van der Waals surface area contributed by atoms with Gasteiger partial charge in [0.1, 0.15) is 0 Å². The highest BCUT2D eigenvalue weighted by atomic mass is 32.1. The lowest BCUT2D eigenvalue weighted by Crippen LogP contribution is -2.45. The Bertz CT molecular complexity index is 682. The fraction of sp³-hybridized carbons (Fsp3) is 0.368. The van der Waals surface area contributed by atoms with Gasteiger partial charge in [-0.2, -0.15) is 0 Å². The second-order valence-corrected chi connectivity index (χ2v) is 7.12. The van der Waals surface area contributed by atoms with Crippen LogP contribution in [0.1, 0.15) is 22.9 Å². The number of nitrogens with zero attached hydrogens (tertiary/aromatic N) is 1. The zero-order valence-electron chi connectivity index (χ0n) is 14.4. The molecule has 0 spiro atoms. The molecule has 1 amide bonds. The van der Waals surface area contributed by atoms with Crippen molar-refractivity contribution in [3.8, 4) is 0 Å². The summed E-state index contributed by atoms with van der Waals surface area (Å²) < 4.78 is 0. The molecule has 24 heavy (non-hydrogen) atoms. The molecular weight excluding hydrogens is 320 g/mol. The van der Waals surface area contributed by atoms with Crippen LogP contribution in [-0.4, -0.2) is 36.2 Å². The SMILES string of the molecule is CC(=O)[C@H](Cc1ccccc1)NC(=O)CN(C)Cc1sccc1C. The first-order valence-electron chi connectivity index (χ1n) is 8.01. The molecule has 0 bridgehead atoms. The number of Topliss-reactive ketones (excluding diaryl/α,β-unsaturated/α-hetero) is 1. The lowest BCUT2D eigenvalue weighted by Gasteiger charge is -2.20. The van der Waals surface area contributed by atoms with Crippen LogP contribution in [0.4, 0.5) is 0 Å². The Labute approximate surface area is 147 Å². The van der Waals surface area contributed by atoms with Crippen molar-refractivity contribution < 1.29 is 9.59 Å². The van der Waals surface area contributed by atoms with Crippen molar-refractivity contribution in [2.75, 3.05) is 13.6 Å². The molecule has 1 N–H and O–H groups in total. The van der Waals surface area contributed by atoms with Gasteiger partial charge in [-0.1, -0.05) is 30.3 Å². The molecule has 0 saturated heterocycles. The number of nitrogens with one attached hydrogen (secondary N) is 1. The number of benzene rings is 1. The molecule has 0 aliphatic heterocycles. The van der Waals surface area contributed by atoms with E-state index in [9.17, 15) is 9.59 Å². The van der Waals surface area contributed by atoms with Crippen LogP contribution in [0, 0.1) is 6.92 Å². The van der Waals surface area contributed by atoms with E-state index < -0.39 is 6.04 Å². The smallest absolute Gasteiger partial charge is 0.234 e. The number of hydrogen-bond acceptors (Lipinski definition) is 4. The predicted molar refractivity (Wildman–Crippen MR) is 98.1 cm³/mol. The molecule has 1 heterocycles. The lowest BCUT2D eigenvalue weighted by molar-refractivity contribution is -0.127. The first-order chi connectivity index (χ1) is 11.5. The number of hydrogen-bond donors (Lipinski definition) is 1. The molecule has 0 aliphatic rings. The van der Waals surface area contributed by atoms with Crippen LogP contribution in [0.5, 0.6) is 0 Å². The summed E-state index contributed by atoms with van der Waals surface area (Å²) in [7, 11) is 1.92. The van der Waals surface area contributed by atoms with Crippen LogP contribution in [0.25, 0.3) is 0 Å². The standard InChI is InChI=1S/C19H24N2O2S/c1-14-9-10-24-18(14)12-21(3)13-19(23)20-17(15(2)22)11-16-7-5-4-6-8-16/h4-10,17H,11-13H2,1-3H3,(H,20,23)/t17-/m0/s1. The highest BCUT2D eigenvalue weighted by molar-refractivity contribution is 7.10. The van der Waals surface area contributed by atoms with Gasteiger partial charge in [0.25, 0.3) is 0 Å². The number of thiophene rings is 1. The molecule has 2 aromatic rings. The van der Waals surface area contributed by atoms with Crippen molar-refractivity contribution in [2.45, 2.75) is 32.9 Å². The van der Waals surface area contributed by atoms with Crippen LogP contribution in [0.3, 0.4) is 0 Å². The quantitative estimate of drug-likeness (QED) is 0.801. The highest BCUT2D eigenvalue weighted by Gasteiger charge is 2.18. The highest BCUT2D eigenvalue weighted by Crippen LogP contribution is 2.17. The van der Waals surface area contributed by atoms with Gasteiger partial charge >= 0.3 is 0 Å². The topological polar surface area (TPSA) is 49.4 Å². The van der Waals surface area contributed by atoms with Crippen LogP contribution in [0.15, 0.2) is 41.8 Å². The van der Waals surface area contributed by atoms with Gasteiger partial charge < -0.3 is 5.32 Å².